The van der Waals surface area contributed by atoms with E-state index < -0.39 is 0 Å². The summed E-state index contributed by atoms with van der Waals surface area (Å²) in [5, 5.41) is 2.90. The molecule has 0 unspecified atom stereocenters. The van der Waals surface area contributed by atoms with E-state index in [-0.39, 0.29) is 11.4 Å². The van der Waals surface area contributed by atoms with Crippen LogP contribution in [-0.2, 0) is 0 Å². The molecular formula is C14H20BrNO4. The Kier molecular flexibility index (Phi) is 5.28. The van der Waals surface area contributed by atoms with E-state index in [1.165, 1.54) is 21.3 Å². The van der Waals surface area contributed by atoms with Crippen LogP contribution < -0.4 is 19.5 Å². The molecule has 6 heteroatoms. The number of nitrogens with one attached hydrogen (secondary N) is 1. The normalized spacial score (nSPS) is 10.9. The molecular weight excluding hydrogens is 326 g/mol. The topological polar surface area (TPSA) is 56.8 Å². The van der Waals surface area contributed by atoms with Crippen LogP contribution in [0, 0.1) is 0 Å². The third-order valence-corrected chi connectivity index (χ3v) is 3.29. The summed E-state index contributed by atoms with van der Waals surface area (Å²) in [6.07, 6.45) is 0. The molecule has 1 aromatic carbocycles. The molecule has 0 radical (unpaired) electrons. The number of methoxy groups -OCH3 is 3. The molecule has 0 aromatic heterocycles. The average Bonchev–Trinajstić information content (AvgIpc) is 2.35. The minimum Gasteiger partial charge on any atom is -0.493 e. The van der Waals surface area contributed by atoms with Crippen LogP contribution in [0.3, 0.4) is 0 Å². The fraction of sp³-hybridized carbons (Fsp3) is 0.500. The Morgan fingerprint density at radius 2 is 1.65 bits per heavy atom. The zero-order chi connectivity index (χ0) is 15.5. The van der Waals surface area contributed by atoms with Crippen molar-refractivity contribution in [2.75, 3.05) is 21.3 Å². The van der Waals surface area contributed by atoms with Crippen molar-refractivity contribution in [1.82, 2.24) is 5.32 Å². The van der Waals surface area contributed by atoms with Gasteiger partial charge in [-0.2, -0.15) is 0 Å². The van der Waals surface area contributed by atoms with Gasteiger partial charge >= 0.3 is 0 Å². The summed E-state index contributed by atoms with van der Waals surface area (Å²) in [6.45, 7) is 5.74. The van der Waals surface area contributed by atoms with E-state index in [2.05, 4.69) is 21.2 Å². The number of benzene rings is 1. The molecule has 1 N–H and O–H groups in total. The quantitative estimate of drug-likeness (QED) is 0.911. The van der Waals surface area contributed by atoms with Crippen LogP contribution in [0.5, 0.6) is 17.2 Å². The van der Waals surface area contributed by atoms with Crippen molar-refractivity contribution in [2.45, 2.75) is 26.3 Å². The van der Waals surface area contributed by atoms with Gasteiger partial charge in [-0.3, -0.25) is 4.79 Å². The summed E-state index contributed by atoms with van der Waals surface area (Å²) in [6, 6.07) is 1.62. The fourth-order valence-corrected chi connectivity index (χ4v) is 2.33. The van der Waals surface area contributed by atoms with E-state index in [4.69, 9.17) is 14.2 Å². The molecule has 0 aliphatic carbocycles. The Labute approximate surface area is 127 Å². The van der Waals surface area contributed by atoms with Crippen LogP contribution >= 0.6 is 15.9 Å². The summed E-state index contributed by atoms with van der Waals surface area (Å²) < 4.78 is 16.3. The van der Waals surface area contributed by atoms with Gasteiger partial charge in [-0.15, -0.1) is 0 Å². The molecule has 0 spiro atoms. The average molecular weight is 346 g/mol. The maximum absolute atomic E-state index is 12.3. The molecule has 1 amide bonds. The molecule has 0 bridgehead atoms. The van der Waals surface area contributed by atoms with Gasteiger partial charge in [-0.25, -0.2) is 0 Å². The van der Waals surface area contributed by atoms with Gasteiger partial charge in [0.2, 0.25) is 5.75 Å². The third kappa shape index (κ3) is 3.56. The molecule has 1 rings (SSSR count). The molecule has 0 aliphatic heterocycles. The largest absolute Gasteiger partial charge is 0.493 e. The second kappa shape index (κ2) is 6.35. The van der Waals surface area contributed by atoms with E-state index in [9.17, 15) is 4.79 Å². The van der Waals surface area contributed by atoms with Crippen molar-refractivity contribution in [3.05, 3.63) is 16.1 Å². The fourth-order valence-electron chi connectivity index (χ4n) is 1.69. The molecule has 0 atom stereocenters. The van der Waals surface area contributed by atoms with E-state index in [1.807, 2.05) is 20.8 Å². The van der Waals surface area contributed by atoms with Crippen molar-refractivity contribution < 1.29 is 19.0 Å². The Bertz CT molecular complexity index is 509. The molecule has 0 aliphatic rings. The van der Waals surface area contributed by atoms with Gasteiger partial charge in [0.05, 0.1) is 31.4 Å². The first-order chi connectivity index (χ1) is 9.25. The maximum Gasteiger partial charge on any atom is 0.253 e. The minimum atomic E-state index is -0.336. The highest BCUT2D eigenvalue weighted by Gasteiger charge is 2.24. The van der Waals surface area contributed by atoms with Gasteiger partial charge in [0.1, 0.15) is 0 Å². The minimum absolute atomic E-state index is 0.219. The Balaban J connectivity index is 3.38. The smallest absolute Gasteiger partial charge is 0.253 e. The highest BCUT2D eigenvalue weighted by atomic mass is 79.9. The lowest BCUT2D eigenvalue weighted by Crippen LogP contribution is -2.40. The molecule has 0 saturated heterocycles. The van der Waals surface area contributed by atoms with Crippen LogP contribution in [0.1, 0.15) is 31.1 Å². The van der Waals surface area contributed by atoms with Gasteiger partial charge in [-0.1, -0.05) is 0 Å². The predicted molar refractivity (Wildman–Crippen MR) is 81.0 cm³/mol. The number of rotatable bonds is 4. The molecule has 1 aromatic rings. The van der Waals surface area contributed by atoms with Crippen LogP contribution in [0.2, 0.25) is 0 Å². The highest BCUT2D eigenvalue weighted by molar-refractivity contribution is 9.10. The molecule has 0 fully saturated rings. The number of hydrogen-bond donors (Lipinski definition) is 1. The van der Waals surface area contributed by atoms with Gasteiger partial charge in [0.25, 0.3) is 5.91 Å². The van der Waals surface area contributed by atoms with Gasteiger partial charge < -0.3 is 19.5 Å². The SMILES string of the molecule is COc1cc(C(=O)NC(C)(C)C)c(Br)c(OC)c1OC. The standard InChI is InChI=1S/C14H20BrNO4/c1-14(2,3)16-13(17)8-7-9(18-4)11(19-5)12(20-6)10(8)15/h7H,1-6H3,(H,16,17). The van der Waals surface area contributed by atoms with E-state index in [0.29, 0.717) is 27.3 Å². The van der Waals surface area contributed by atoms with E-state index in [1.54, 1.807) is 6.07 Å². The first kappa shape index (κ1) is 16.6. The number of ether oxygens (including phenoxy) is 3. The Hall–Kier alpha value is -1.43. The first-order valence-electron chi connectivity index (χ1n) is 6.06. The number of amides is 1. The van der Waals surface area contributed by atoms with Crippen molar-refractivity contribution in [2.24, 2.45) is 0 Å². The van der Waals surface area contributed by atoms with Crippen LogP contribution in [0.25, 0.3) is 0 Å². The maximum atomic E-state index is 12.3. The summed E-state index contributed by atoms with van der Waals surface area (Å²) in [7, 11) is 4.53. The van der Waals surface area contributed by atoms with Crippen molar-refractivity contribution in [3.8, 4) is 17.2 Å². The Morgan fingerprint density at radius 1 is 1.10 bits per heavy atom. The number of carbonyl (C=O) groups is 1. The second-order valence-electron chi connectivity index (χ2n) is 5.21. The van der Waals surface area contributed by atoms with Gasteiger partial charge in [-0.05, 0) is 42.8 Å². The van der Waals surface area contributed by atoms with Crippen LogP contribution in [0.15, 0.2) is 10.5 Å². The number of carbonyl (C=O) groups excluding carboxylic acids is 1. The second-order valence-corrected chi connectivity index (χ2v) is 6.00. The lowest BCUT2D eigenvalue weighted by Gasteiger charge is -2.22. The summed E-state index contributed by atoms with van der Waals surface area (Å²) in [5.74, 6) is 1.08. The molecule has 0 saturated carbocycles. The zero-order valence-corrected chi connectivity index (χ0v) is 14.2. The molecule has 112 valence electrons. The molecule has 0 heterocycles. The van der Waals surface area contributed by atoms with E-state index >= 15 is 0 Å². The lowest BCUT2D eigenvalue weighted by molar-refractivity contribution is 0.0918. The first-order valence-corrected chi connectivity index (χ1v) is 6.85. The van der Waals surface area contributed by atoms with Crippen molar-refractivity contribution in [1.29, 1.82) is 0 Å². The predicted octanol–water partition coefficient (Wildman–Crippen LogP) is 3.00. The third-order valence-electron chi connectivity index (χ3n) is 2.50. The Morgan fingerprint density at radius 3 is 2.05 bits per heavy atom. The van der Waals surface area contributed by atoms with Crippen LogP contribution in [-0.4, -0.2) is 32.8 Å². The lowest BCUT2D eigenvalue weighted by atomic mass is 10.1. The summed E-state index contributed by atoms with van der Waals surface area (Å²) >= 11 is 3.38. The van der Waals surface area contributed by atoms with Gasteiger partial charge in [0, 0.05) is 5.54 Å². The molecule has 5 nitrogen and oxygen atoms in total. The van der Waals surface area contributed by atoms with Crippen molar-refractivity contribution >= 4 is 21.8 Å². The summed E-state index contributed by atoms with van der Waals surface area (Å²) in [5.41, 5.74) is 0.0890. The number of halogens is 1. The zero-order valence-electron chi connectivity index (χ0n) is 12.6. The van der Waals surface area contributed by atoms with Crippen molar-refractivity contribution in [3.63, 3.8) is 0 Å². The highest BCUT2D eigenvalue weighted by Crippen LogP contribution is 2.44. The van der Waals surface area contributed by atoms with Gasteiger partial charge in [0.15, 0.2) is 11.5 Å². The molecule has 20 heavy (non-hydrogen) atoms. The van der Waals surface area contributed by atoms with E-state index in [0.717, 1.165) is 0 Å². The monoisotopic (exact) mass is 345 g/mol. The number of hydrogen-bond acceptors (Lipinski definition) is 4. The van der Waals surface area contributed by atoms with Crippen LogP contribution in [0.4, 0.5) is 0 Å². The summed E-state index contributed by atoms with van der Waals surface area (Å²) in [4.78, 5) is 12.3.